The maximum Gasteiger partial charge on any atom is 0.343 e. The van der Waals surface area contributed by atoms with Crippen LogP contribution in [0.5, 0.6) is 0 Å². The molecule has 1 aromatic carbocycles. The fourth-order valence-corrected chi connectivity index (χ4v) is 3.42. The van der Waals surface area contributed by atoms with E-state index >= 15 is 0 Å². The van der Waals surface area contributed by atoms with Gasteiger partial charge in [0.25, 0.3) is 5.91 Å². The summed E-state index contributed by atoms with van der Waals surface area (Å²) in [6, 6.07) is 7.26. The summed E-state index contributed by atoms with van der Waals surface area (Å²) < 4.78 is 0. The SMILES string of the molecule is CC(C)C[C@@H](C(=O)NN1C(=O)NC(=O)[C@@H]1CO)[C@H](C/C=C/c1ccccc1)C(=O)NO. The number of hydrogen-bond donors (Lipinski definition) is 5. The Labute approximate surface area is 180 Å². The largest absolute Gasteiger partial charge is 0.394 e. The molecule has 5 amide bonds. The molecule has 1 aliphatic rings. The highest BCUT2D eigenvalue weighted by Gasteiger charge is 2.41. The highest BCUT2D eigenvalue weighted by Crippen LogP contribution is 2.26. The molecule has 1 aromatic rings. The summed E-state index contributed by atoms with van der Waals surface area (Å²) in [6.07, 6.45) is 3.98. The minimum absolute atomic E-state index is 0.0190. The van der Waals surface area contributed by atoms with E-state index in [4.69, 9.17) is 0 Å². The van der Waals surface area contributed by atoms with Crippen LogP contribution in [0.1, 0.15) is 32.3 Å². The zero-order chi connectivity index (χ0) is 23.0. The second-order valence-corrected chi connectivity index (χ2v) is 7.71. The lowest BCUT2D eigenvalue weighted by Crippen LogP contribution is -2.53. The van der Waals surface area contributed by atoms with Gasteiger partial charge in [0, 0.05) is 0 Å². The van der Waals surface area contributed by atoms with Crippen molar-refractivity contribution >= 4 is 29.8 Å². The van der Waals surface area contributed by atoms with Gasteiger partial charge in [-0.1, -0.05) is 56.3 Å². The fraction of sp³-hybridized carbons (Fsp3) is 0.429. The third kappa shape index (κ3) is 6.37. The topological polar surface area (TPSA) is 148 Å². The van der Waals surface area contributed by atoms with Gasteiger partial charge < -0.3 is 5.11 Å². The van der Waals surface area contributed by atoms with Gasteiger partial charge >= 0.3 is 6.03 Å². The van der Waals surface area contributed by atoms with E-state index < -0.39 is 48.2 Å². The Morgan fingerprint density at radius 3 is 2.42 bits per heavy atom. The quantitative estimate of drug-likeness (QED) is 0.210. The van der Waals surface area contributed by atoms with Crippen molar-refractivity contribution in [1.29, 1.82) is 0 Å². The van der Waals surface area contributed by atoms with E-state index in [1.165, 1.54) is 0 Å². The number of aliphatic hydroxyl groups is 1. The lowest BCUT2D eigenvalue weighted by molar-refractivity contribution is -0.142. The van der Waals surface area contributed by atoms with Crippen molar-refractivity contribution in [2.75, 3.05) is 6.61 Å². The van der Waals surface area contributed by atoms with Crippen LogP contribution in [-0.2, 0) is 14.4 Å². The number of allylic oxidation sites excluding steroid dienone is 1. The molecule has 0 aliphatic carbocycles. The van der Waals surface area contributed by atoms with Crippen molar-refractivity contribution in [3.05, 3.63) is 42.0 Å². The lowest BCUT2D eigenvalue weighted by atomic mass is 9.82. The van der Waals surface area contributed by atoms with Gasteiger partial charge in [-0.05, 0) is 24.3 Å². The van der Waals surface area contributed by atoms with Crippen LogP contribution in [0.15, 0.2) is 36.4 Å². The minimum Gasteiger partial charge on any atom is -0.394 e. The molecule has 2 rings (SSSR count). The van der Waals surface area contributed by atoms with E-state index in [0.29, 0.717) is 0 Å². The summed E-state index contributed by atoms with van der Waals surface area (Å²) in [5.74, 6) is -3.95. The number of hydrogen-bond acceptors (Lipinski definition) is 6. The van der Waals surface area contributed by atoms with Crippen molar-refractivity contribution in [2.45, 2.75) is 32.7 Å². The number of nitrogens with one attached hydrogen (secondary N) is 3. The van der Waals surface area contributed by atoms with E-state index in [-0.39, 0.29) is 18.8 Å². The van der Waals surface area contributed by atoms with Crippen LogP contribution in [0.2, 0.25) is 0 Å². The number of imide groups is 1. The summed E-state index contributed by atoms with van der Waals surface area (Å²) in [7, 11) is 0. The molecule has 1 heterocycles. The number of nitrogens with zero attached hydrogens (tertiary/aromatic N) is 1. The molecule has 0 unspecified atom stereocenters. The van der Waals surface area contributed by atoms with Crippen LogP contribution < -0.4 is 16.2 Å². The minimum atomic E-state index is -1.25. The molecule has 0 aromatic heterocycles. The standard InChI is InChI=1S/C21H28N4O6/c1-13(2)11-16(18(27)23-25-17(12-26)20(29)22-21(25)30)15(19(28)24-31)10-6-9-14-7-4-3-5-8-14/h3-9,13,15-17,26,31H,10-12H2,1-2H3,(H,23,27)(H,24,28)(H,22,29,30)/b9-6+/t15-,16+,17-/m0/s1. The second kappa shape index (κ2) is 11.2. The molecule has 0 radical (unpaired) electrons. The van der Waals surface area contributed by atoms with Crippen LogP contribution in [0.4, 0.5) is 4.79 Å². The van der Waals surface area contributed by atoms with Crippen LogP contribution in [0.3, 0.4) is 0 Å². The molecule has 3 atom stereocenters. The monoisotopic (exact) mass is 432 g/mol. The maximum absolute atomic E-state index is 13.0. The molecule has 0 bridgehead atoms. The predicted molar refractivity (Wildman–Crippen MR) is 111 cm³/mol. The average molecular weight is 432 g/mol. The van der Waals surface area contributed by atoms with E-state index in [0.717, 1.165) is 10.6 Å². The molecule has 1 fully saturated rings. The number of rotatable bonds is 10. The number of hydroxylamine groups is 1. The van der Waals surface area contributed by atoms with Crippen molar-refractivity contribution in [3.63, 3.8) is 0 Å². The van der Waals surface area contributed by atoms with Crippen molar-refractivity contribution in [2.24, 2.45) is 17.8 Å². The number of benzene rings is 1. The summed E-state index contributed by atoms with van der Waals surface area (Å²) in [4.78, 5) is 49.1. The number of hydrazine groups is 1. The Hall–Kier alpha value is -3.24. The molecule has 168 valence electrons. The van der Waals surface area contributed by atoms with Gasteiger partial charge in [0.05, 0.1) is 18.4 Å². The molecule has 31 heavy (non-hydrogen) atoms. The molecule has 1 saturated heterocycles. The number of amides is 5. The number of carbonyl (C=O) groups is 4. The third-order valence-electron chi connectivity index (χ3n) is 4.96. The Kier molecular flexibility index (Phi) is 8.71. The Morgan fingerprint density at radius 2 is 1.84 bits per heavy atom. The first-order valence-corrected chi connectivity index (χ1v) is 9.99. The van der Waals surface area contributed by atoms with E-state index in [9.17, 15) is 29.5 Å². The molecular weight excluding hydrogens is 404 g/mol. The predicted octanol–water partition coefficient (Wildman–Crippen LogP) is 0.818. The Balaban J connectivity index is 2.22. The van der Waals surface area contributed by atoms with Crippen LogP contribution in [0, 0.1) is 17.8 Å². The summed E-state index contributed by atoms with van der Waals surface area (Å²) in [5.41, 5.74) is 4.87. The van der Waals surface area contributed by atoms with Gasteiger partial charge in [-0.3, -0.25) is 30.3 Å². The van der Waals surface area contributed by atoms with Gasteiger partial charge in [0.2, 0.25) is 11.8 Å². The number of urea groups is 1. The van der Waals surface area contributed by atoms with Gasteiger partial charge in [-0.2, -0.15) is 0 Å². The van der Waals surface area contributed by atoms with Gasteiger partial charge in [0.1, 0.15) is 0 Å². The zero-order valence-electron chi connectivity index (χ0n) is 17.4. The van der Waals surface area contributed by atoms with Crippen molar-refractivity contribution in [1.82, 2.24) is 21.2 Å². The molecule has 5 N–H and O–H groups in total. The summed E-state index contributed by atoms with van der Waals surface area (Å²) in [5, 5.41) is 21.3. The first-order valence-electron chi connectivity index (χ1n) is 9.99. The van der Waals surface area contributed by atoms with Crippen molar-refractivity contribution in [3.8, 4) is 0 Å². The second-order valence-electron chi connectivity index (χ2n) is 7.71. The highest BCUT2D eigenvalue weighted by molar-refractivity contribution is 6.05. The Morgan fingerprint density at radius 1 is 1.16 bits per heavy atom. The van der Waals surface area contributed by atoms with E-state index in [1.54, 1.807) is 17.6 Å². The highest BCUT2D eigenvalue weighted by atomic mass is 16.5. The normalized spacial score (nSPS) is 18.2. The zero-order valence-corrected chi connectivity index (χ0v) is 17.4. The van der Waals surface area contributed by atoms with Gasteiger partial charge in [0.15, 0.2) is 6.04 Å². The molecular formula is C21H28N4O6. The molecule has 0 saturated carbocycles. The first kappa shape index (κ1) is 24.0. The summed E-state index contributed by atoms with van der Waals surface area (Å²) in [6.45, 7) is 3.07. The molecule has 10 heteroatoms. The molecule has 1 aliphatic heterocycles. The van der Waals surface area contributed by atoms with E-state index in [2.05, 4.69) is 5.43 Å². The fourth-order valence-electron chi connectivity index (χ4n) is 3.42. The van der Waals surface area contributed by atoms with Crippen LogP contribution >= 0.6 is 0 Å². The van der Waals surface area contributed by atoms with E-state index in [1.807, 2.05) is 49.5 Å². The van der Waals surface area contributed by atoms with Gasteiger partial charge in [-0.25, -0.2) is 15.3 Å². The average Bonchev–Trinajstić information content (AvgIpc) is 3.01. The van der Waals surface area contributed by atoms with Gasteiger partial charge in [-0.15, -0.1) is 0 Å². The molecule has 0 spiro atoms. The third-order valence-corrected chi connectivity index (χ3v) is 4.96. The lowest BCUT2D eigenvalue weighted by Gasteiger charge is -2.28. The number of carbonyl (C=O) groups excluding carboxylic acids is 4. The van der Waals surface area contributed by atoms with Crippen LogP contribution in [-0.4, -0.2) is 51.7 Å². The van der Waals surface area contributed by atoms with Crippen LogP contribution in [0.25, 0.3) is 6.08 Å². The molecule has 10 nitrogen and oxygen atoms in total. The smallest absolute Gasteiger partial charge is 0.343 e. The Bertz CT molecular complexity index is 826. The summed E-state index contributed by atoms with van der Waals surface area (Å²) >= 11 is 0. The first-order chi connectivity index (χ1) is 14.8. The number of aliphatic hydroxyl groups excluding tert-OH is 1. The van der Waals surface area contributed by atoms with Crippen molar-refractivity contribution < 1.29 is 29.5 Å². The maximum atomic E-state index is 13.0.